The molecule has 0 saturated heterocycles. The molecule has 6 nitrogen and oxygen atoms in total. The van der Waals surface area contributed by atoms with E-state index in [4.69, 9.17) is 4.52 Å². The van der Waals surface area contributed by atoms with Crippen molar-refractivity contribution in [1.29, 1.82) is 0 Å². The van der Waals surface area contributed by atoms with Crippen molar-refractivity contribution in [3.05, 3.63) is 34.2 Å². The highest BCUT2D eigenvalue weighted by Crippen LogP contribution is 2.22. The number of carbonyl (C=O) groups is 1. The lowest BCUT2D eigenvalue weighted by atomic mass is 10.2. The van der Waals surface area contributed by atoms with Gasteiger partial charge in [-0.2, -0.15) is 0 Å². The van der Waals surface area contributed by atoms with Gasteiger partial charge in [0.1, 0.15) is 5.76 Å². The Morgan fingerprint density at radius 2 is 2.35 bits per heavy atom. The van der Waals surface area contributed by atoms with E-state index in [1.807, 2.05) is 25.5 Å². The van der Waals surface area contributed by atoms with E-state index >= 15 is 0 Å². The van der Waals surface area contributed by atoms with Crippen molar-refractivity contribution in [3.63, 3.8) is 0 Å². The summed E-state index contributed by atoms with van der Waals surface area (Å²) in [6.07, 6.45) is 0. The molecule has 2 aromatic heterocycles. The fraction of sp³-hybridized carbons (Fsp3) is 0.385. The lowest BCUT2D eigenvalue weighted by Crippen LogP contribution is -2.36. The second-order valence-electron chi connectivity index (χ2n) is 4.65. The van der Waals surface area contributed by atoms with Gasteiger partial charge in [0.05, 0.1) is 6.04 Å². The van der Waals surface area contributed by atoms with Crippen LogP contribution in [0.25, 0.3) is 0 Å². The number of hydrogen-bond donors (Lipinski definition) is 2. The summed E-state index contributed by atoms with van der Waals surface area (Å²) in [5.41, 5.74) is 0. The number of anilines is 1. The van der Waals surface area contributed by atoms with Crippen LogP contribution in [0.1, 0.15) is 16.7 Å². The van der Waals surface area contributed by atoms with E-state index in [-0.39, 0.29) is 12.1 Å². The Morgan fingerprint density at radius 1 is 1.55 bits per heavy atom. The summed E-state index contributed by atoms with van der Waals surface area (Å²) >= 11 is 1.68. The molecule has 2 N–H and O–H groups in total. The Labute approximate surface area is 121 Å². The molecule has 2 heterocycles. The van der Waals surface area contributed by atoms with Crippen LogP contribution >= 0.6 is 11.3 Å². The van der Waals surface area contributed by atoms with Crippen LogP contribution in [0, 0.1) is 6.92 Å². The monoisotopic (exact) mass is 294 g/mol. The fourth-order valence-corrected chi connectivity index (χ4v) is 2.72. The molecule has 2 rings (SSSR count). The molecule has 20 heavy (non-hydrogen) atoms. The van der Waals surface area contributed by atoms with Crippen LogP contribution in [0.2, 0.25) is 0 Å². The van der Waals surface area contributed by atoms with Crippen LogP contribution in [-0.4, -0.2) is 36.7 Å². The van der Waals surface area contributed by atoms with E-state index in [1.54, 1.807) is 24.3 Å². The molecular formula is C13H18N4O2S. The van der Waals surface area contributed by atoms with Crippen LogP contribution in [0.3, 0.4) is 0 Å². The molecule has 1 atom stereocenters. The van der Waals surface area contributed by atoms with Gasteiger partial charge in [0.25, 0.3) is 0 Å². The summed E-state index contributed by atoms with van der Waals surface area (Å²) in [7, 11) is 3.98. The van der Waals surface area contributed by atoms with Gasteiger partial charge in [-0.05, 0) is 32.5 Å². The van der Waals surface area contributed by atoms with Gasteiger partial charge in [-0.3, -0.25) is 5.32 Å². The molecule has 2 aromatic rings. The standard InChI is InChI=1S/C13H18N4O2S/c1-9-7-12(16-19-9)15-13(18)14-8-10(17(2)3)11-5-4-6-20-11/h4-7,10H,8H2,1-3H3,(H2,14,15,16,18)/t10-/m0/s1. The topological polar surface area (TPSA) is 70.4 Å². The third-order valence-corrected chi connectivity index (χ3v) is 3.79. The van der Waals surface area contributed by atoms with Gasteiger partial charge in [-0.25, -0.2) is 4.79 Å². The highest BCUT2D eigenvalue weighted by atomic mass is 32.1. The summed E-state index contributed by atoms with van der Waals surface area (Å²) in [5.74, 6) is 1.07. The van der Waals surface area contributed by atoms with E-state index in [2.05, 4.69) is 26.8 Å². The maximum atomic E-state index is 11.8. The molecule has 0 saturated carbocycles. The van der Waals surface area contributed by atoms with Crippen molar-refractivity contribution in [2.75, 3.05) is 26.0 Å². The normalized spacial score (nSPS) is 12.4. The van der Waals surface area contributed by atoms with E-state index < -0.39 is 0 Å². The van der Waals surface area contributed by atoms with Gasteiger partial charge < -0.3 is 14.7 Å². The van der Waals surface area contributed by atoms with Crippen molar-refractivity contribution in [3.8, 4) is 0 Å². The number of hydrogen-bond acceptors (Lipinski definition) is 5. The first-order valence-corrected chi connectivity index (χ1v) is 7.12. The number of carbonyl (C=O) groups excluding carboxylic acids is 1. The Kier molecular flexibility index (Phi) is 4.75. The zero-order chi connectivity index (χ0) is 14.5. The Morgan fingerprint density at radius 3 is 2.90 bits per heavy atom. The second-order valence-corrected chi connectivity index (χ2v) is 5.63. The van der Waals surface area contributed by atoms with Crippen LogP contribution in [0.4, 0.5) is 10.6 Å². The minimum absolute atomic E-state index is 0.153. The van der Waals surface area contributed by atoms with Crippen molar-refractivity contribution < 1.29 is 9.32 Å². The van der Waals surface area contributed by atoms with Gasteiger partial charge in [-0.1, -0.05) is 11.2 Å². The molecule has 0 aliphatic rings. The lowest BCUT2D eigenvalue weighted by molar-refractivity contribution is 0.243. The third kappa shape index (κ3) is 3.82. The van der Waals surface area contributed by atoms with Crippen molar-refractivity contribution in [2.24, 2.45) is 0 Å². The fourth-order valence-electron chi connectivity index (χ4n) is 1.79. The molecule has 0 spiro atoms. The number of amides is 2. The molecule has 7 heteroatoms. The maximum absolute atomic E-state index is 11.8. The number of likely N-dealkylation sites (N-methyl/N-ethyl adjacent to an activating group) is 1. The van der Waals surface area contributed by atoms with Gasteiger partial charge in [-0.15, -0.1) is 11.3 Å². The largest absolute Gasteiger partial charge is 0.360 e. The number of nitrogens with one attached hydrogen (secondary N) is 2. The quantitative estimate of drug-likeness (QED) is 0.888. The van der Waals surface area contributed by atoms with Crippen molar-refractivity contribution in [1.82, 2.24) is 15.4 Å². The Bertz CT molecular complexity index is 550. The van der Waals surface area contributed by atoms with Crippen molar-refractivity contribution in [2.45, 2.75) is 13.0 Å². The molecule has 0 aliphatic heterocycles. The molecule has 0 bridgehead atoms. The van der Waals surface area contributed by atoms with Crippen LogP contribution in [0.5, 0.6) is 0 Å². The summed E-state index contributed by atoms with van der Waals surface area (Å²) in [6.45, 7) is 2.30. The lowest BCUT2D eigenvalue weighted by Gasteiger charge is -2.23. The van der Waals surface area contributed by atoms with Crippen molar-refractivity contribution >= 4 is 23.2 Å². The molecule has 0 radical (unpaired) electrons. The third-order valence-electron chi connectivity index (χ3n) is 2.82. The van der Waals surface area contributed by atoms with E-state index in [1.165, 1.54) is 4.88 Å². The second kappa shape index (κ2) is 6.53. The average molecular weight is 294 g/mol. The first kappa shape index (κ1) is 14.5. The van der Waals surface area contributed by atoms with E-state index in [0.717, 1.165) is 0 Å². The van der Waals surface area contributed by atoms with Crippen LogP contribution < -0.4 is 10.6 Å². The Balaban J connectivity index is 1.88. The summed E-state index contributed by atoms with van der Waals surface area (Å²) in [5, 5.41) is 11.2. The van der Waals surface area contributed by atoms with Gasteiger partial charge in [0.2, 0.25) is 0 Å². The number of rotatable bonds is 5. The number of nitrogens with zero attached hydrogens (tertiary/aromatic N) is 2. The SMILES string of the molecule is Cc1cc(NC(=O)NC[C@@H](c2cccs2)N(C)C)no1. The summed E-state index contributed by atoms with van der Waals surface area (Å²) < 4.78 is 4.89. The predicted octanol–water partition coefficient (Wildman–Crippen LogP) is 2.47. The van der Waals surface area contributed by atoms with E-state index in [0.29, 0.717) is 18.1 Å². The number of aromatic nitrogens is 1. The minimum Gasteiger partial charge on any atom is -0.360 e. The Hall–Kier alpha value is -1.86. The van der Waals surface area contributed by atoms with Gasteiger partial charge in [0, 0.05) is 17.5 Å². The van der Waals surface area contributed by atoms with Gasteiger partial charge >= 0.3 is 6.03 Å². The molecule has 0 unspecified atom stereocenters. The first-order chi connectivity index (χ1) is 9.56. The highest BCUT2D eigenvalue weighted by molar-refractivity contribution is 7.10. The average Bonchev–Trinajstić information content (AvgIpc) is 3.01. The number of urea groups is 1. The summed E-state index contributed by atoms with van der Waals surface area (Å²) in [6, 6.07) is 5.61. The minimum atomic E-state index is -0.290. The highest BCUT2D eigenvalue weighted by Gasteiger charge is 2.16. The number of thiophene rings is 1. The first-order valence-electron chi connectivity index (χ1n) is 6.24. The molecule has 2 amide bonds. The maximum Gasteiger partial charge on any atom is 0.320 e. The van der Waals surface area contributed by atoms with Crippen LogP contribution in [-0.2, 0) is 0 Å². The van der Waals surface area contributed by atoms with E-state index in [9.17, 15) is 4.79 Å². The van der Waals surface area contributed by atoms with Gasteiger partial charge in [0.15, 0.2) is 5.82 Å². The number of aryl methyl sites for hydroxylation is 1. The summed E-state index contributed by atoms with van der Waals surface area (Å²) in [4.78, 5) is 15.1. The molecule has 0 aliphatic carbocycles. The molecular weight excluding hydrogens is 276 g/mol. The smallest absolute Gasteiger partial charge is 0.320 e. The zero-order valence-corrected chi connectivity index (χ0v) is 12.5. The molecule has 108 valence electrons. The van der Waals surface area contributed by atoms with Crippen LogP contribution in [0.15, 0.2) is 28.1 Å². The predicted molar refractivity (Wildman–Crippen MR) is 79.0 cm³/mol. The molecule has 0 aromatic carbocycles. The zero-order valence-electron chi connectivity index (χ0n) is 11.7. The molecule has 0 fully saturated rings.